The lowest BCUT2D eigenvalue weighted by molar-refractivity contribution is -0.134. The van der Waals surface area contributed by atoms with E-state index < -0.39 is 5.54 Å². The third kappa shape index (κ3) is 3.21. The zero-order chi connectivity index (χ0) is 20.7. The molecular weight excluding hydrogens is 396 g/mol. The fourth-order valence-electron chi connectivity index (χ4n) is 4.78. The number of carbonyl (C=O) groups excluding carboxylic acids is 2. The molecule has 0 bridgehead atoms. The molecule has 1 aliphatic heterocycles. The summed E-state index contributed by atoms with van der Waals surface area (Å²) in [5.74, 6) is -0.163. The van der Waals surface area contributed by atoms with Gasteiger partial charge in [-0.1, -0.05) is 25.3 Å². The van der Waals surface area contributed by atoms with Crippen LogP contribution < -0.4 is 5.32 Å². The lowest BCUT2D eigenvalue weighted by Gasteiger charge is -2.44. The van der Waals surface area contributed by atoms with Crippen LogP contribution in [0.2, 0.25) is 0 Å². The van der Waals surface area contributed by atoms with Crippen LogP contribution in [0.25, 0.3) is 10.2 Å². The number of hydrogen-bond acceptors (Lipinski definition) is 4. The highest BCUT2D eigenvalue weighted by molar-refractivity contribution is 7.17. The van der Waals surface area contributed by atoms with E-state index in [0.717, 1.165) is 41.5 Å². The summed E-state index contributed by atoms with van der Waals surface area (Å²) in [6.07, 6.45) is 9.05. The minimum atomic E-state index is -0.967. The van der Waals surface area contributed by atoms with Gasteiger partial charge >= 0.3 is 0 Å². The molecule has 156 valence electrons. The van der Waals surface area contributed by atoms with Crippen LogP contribution in [0.4, 0.5) is 0 Å². The largest absolute Gasteiger partial charge is 0.351 e. The van der Waals surface area contributed by atoms with Gasteiger partial charge in [-0.2, -0.15) is 0 Å². The number of thiophene rings is 1. The summed E-state index contributed by atoms with van der Waals surface area (Å²) in [4.78, 5) is 33.1. The lowest BCUT2D eigenvalue weighted by Crippen LogP contribution is -2.64. The van der Waals surface area contributed by atoms with Crippen molar-refractivity contribution in [2.75, 3.05) is 0 Å². The van der Waals surface area contributed by atoms with Crippen LogP contribution in [0.15, 0.2) is 42.0 Å². The van der Waals surface area contributed by atoms with Gasteiger partial charge in [-0.05, 0) is 48.9 Å². The van der Waals surface area contributed by atoms with Crippen molar-refractivity contribution in [1.29, 1.82) is 0 Å². The Kier molecular flexibility index (Phi) is 4.85. The Balaban J connectivity index is 1.53. The average Bonchev–Trinajstić information content (AvgIpc) is 3.35. The molecule has 1 N–H and O–H groups in total. The number of pyridine rings is 1. The van der Waals surface area contributed by atoms with E-state index in [0.29, 0.717) is 18.8 Å². The predicted octanol–water partition coefficient (Wildman–Crippen LogP) is 3.96. The molecule has 1 atom stereocenters. The molecule has 5 rings (SSSR count). The van der Waals surface area contributed by atoms with Crippen molar-refractivity contribution in [2.45, 2.75) is 63.7 Å². The van der Waals surface area contributed by atoms with E-state index in [2.05, 4.69) is 10.3 Å². The van der Waals surface area contributed by atoms with E-state index in [1.807, 2.05) is 41.1 Å². The standard InChI is InChI=1S/C23H26N4O2S/c1-23(22(29)25-17-7-3-2-4-8-17)15-26-18-9-11-30-20(18)12-19(26)21(28)27(23)14-16-6-5-10-24-13-16/h5-6,9-13,17H,2-4,7-8,14-15H2,1H3,(H,25,29)/t23-/m0/s1. The molecule has 2 amide bonds. The van der Waals surface area contributed by atoms with E-state index in [-0.39, 0.29) is 17.9 Å². The van der Waals surface area contributed by atoms with Gasteiger partial charge in [-0.25, -0.2) is 0 Å². The van der Waals surface area contributed by atoms with Crippen molar-refractivity contribution < 1.29 is 9.59 Å². The second-order valence-electron chi connectivity index (χ2n) is 8.62. The maximum absolute atomic E-state index is 13.6. The van der Waals surface area contributed by atoms with Gasteiger partial charge in [0.2, 0.25) is 5.91 Å². The molecule has 6 nitrogen and oxygen atoms in total. The molecule has 0 aromatic carbocycles. The normalized spacial score (nSPS) is 22.3. The number of nitrogens with one attached hydrogen (secondary N) is 1. The molecule has 3 aromatic heterocycles. The van der Waals surface area contributed by atoms with E-state index in [1.54, 1.807) is 28.6 Å². The number of nitrogens with zero attached hydrogens (tertiary/aromatic N) is 3. The van der Waals surface area contributed by atoms with E-state index in [1.165, 1.54) is 6.42 Å². The Morgan fingerprint density at radius 3 is 2.90 bits per heavy atom. The molecule has 0 saturated heterocycles. The van der Waals surface area contributed by atoms with Gasteiger partial charge in [0, 0.05) is 25.0 Å². The second kappa shape index (κ2) is 7.54. The molecule has 0 spiro atoms. The molecule has 30 heavy (non-hydrogen) atoms. The van der Waals surface area contributed by atoms with Crippen LogP contribution in [-0.4, -0.2) is 37.8 Å². The van der Waals surface area contributed by atoms with Crippen molar-refractivity contribution in [3.8, 4) is 0 Å². The number of amides is 2. The van der Waals surface area contributed by atoms with Crippen molar-refractivity contribution >= 4 is 33.4 Å². The summed E-state index contributed by atoms with van der Waals surface area (Å²) in [7, 11) is 0. The Morgan fingerprint density at radius 1 is 1.30 bits per heavy atom. The van der Waals surface area contributed by atoms with Gasteiger partial charge in [0.25, 0.3) is 5.91 Å². The third-order valence-corrected chi connectivity index (χ3v) is 7.39. The quantitative estimate of drug-likeness (QED) is 0.692. The first-order valence-electron chi connectivity index (χ1n) is 10.6. The van der Waals surface area contributed by atoms with Gasteiger partial charge < -0.3 is 14.8 Å². The second-order valence-corrected chi connectivity index (χ2v) is 9.57. The monoisotopic (exact) mass is 422 g/mol. The fourth-order valence-corrected chi connectivity index (χ4v) is 5.61. The number of rotatable bonds is 4. The summed E-state index contributed by atoms with van der Waals surface area (Å²) in [5.41, 5.74) is 1.64. The Labute approximate surface area is 179 Å². The zero-order valence-electron chi connectivity index (χ0n) is 17.1. The van der Waals surface area contributed by atoms with E-state index in [9.17, 15) is 9.59 Å². The number of carbonyl (C=O) groups is 2. The van der Waals surface area contributed by atoms with Gasteiger partial charge in [0.15, 0.2) is 0 Å². The van der Waals surface area contributed by atoms with Crippen LogP contribution in [0.3, 0.4) is 0 Å². The first-order chi connectivity index (χ1) is 14.6. The van der Waals surface area contributed by atoms with Crippen LogP contribution in [0.5, 0.6) is 0 Å². The van der Waals surface area contributed by atoms with Crippen LogP contribution >= 0.6 is 11.3 Å². The molecule has 4 heterocycles. The van der Waals surface area contributed by atoms with Crippen LogP contribution in [0, 0.1) is 0 Å². The maximum atomic E-state index is 13.6. The molecule has 2 aliphatic rings. The van der Waals surface area contributed by atoms with Gasteiger partial charge in [0.05, 0.1) is 16.8 Å². The maximum Gasteiger partial charge on any atom is 0.271 e. The van der Waals surface area contributed by atoms with E-state index in [4.69, 9.17) is 0 Å². The molecule has 1 fully saturated rings. The van der Waals surface area contributed by atoms with Crippen molar-refractivity contribution in [3.05, 3.63) is 53.3 Å². The third-order valence-electron chi connectivity index (χ3n) is 6.54. The number of hydrogen-bond donors (Lipinski definition) is 1. The zero-order valence-corrected chi connectivity index (χ0v) is 18.0. The molecule has 3 aromatic rings. The molecule has 1 saturated carbocycles. The van der Waals surface area contributed by atoms with E-state index >= 15 is 0 Å². The highest BCUT2D eigenvalue weighted by Crippen LogP contribution is 2.35. The summed E-state index contributed by atoms with van der Waals surface area (Å²) in [6, 6.07) is 8.00. The summed E-state index contributed by atoms with van der Waals surface area (Å²) >= 11 is 1.62. The Hall–Kier alpha value is -2.67. The minimum absolute atomic E-state index is 0.0608. The highest BCUT2D eigenvalue weighted by Gasteiger charge is 2.48. The molecule has 0 radical (unpaired) electrons. The van der Waals surface area contributed by atoms with Crippen LogP contribution in [0.1, 0.15) is 55.1 Å². The highest BCUT2D eigenvalue weighted by atomic mass is 32.1. The smallest absolute Gasteiger partial charge is 0.271 e. The average molecular weight is 423 g/mol. The SMILES string of the molecule is C[C@@]1(C(=O)NC2CCCCC2)Cn2c(cc3sccc32)C(=O)N1Cc1cccnc1. The number of fused-ring (bicyclic) bond motifs is 3. The fraction of sp³-hybridized carbons (Fsp3) is 0.435. The van der Waals surface area contributed by atoms with Crippen molar-refractivity contribution in [3.63, 3.8) is 0 Å². The number of aromatic nitrogens is 2. The first-order valence-corrected chi connectivity index (χ1v) is 11.5. The molecule has 7 heteroatoms. The van der Waals surface area contributed by atoms with Crippen molar-refractivity contribution in [1.82, 2.24) is 19.8 Å². The topological polar surface area (TPSA) is 67.2 Å². The molecule has 1 aliphatic carbocycles. The van der Waals surface area contributed by atoms with Crippen LogP contribution in [-0.2, 0) is 17.9 Å². The van der Waals surface area contributed by atoms with Gasteiger partial charge in [-0.15, -0.1) is 11.3 Å². The molecular formula is C23H26N4O2S. The predicted molar refractivity (Wildman–Crippen MR) is 117 cm³/mol. The van der Waals surface area contributed by atoms with Crippen molar-refractivity contribution in [2.24, 2.45) is 0 Å². The van der Waals surface area contributed by atoms with Gasteiger partial charge in [0.1, 0.15) is 11.2 Å². The van der Waals surface area contributed by atoms with Gasteiger partial charge in [-0.3, -0.25) is 14.6 Å². The minimum Gasteiger partial charge on any atom is -0.351 e. The molecule has 0 unspecified atom stereocenters. The Morgan fingerprint density at radius 2 is 2.13 bits per heavy atom. The summed E-state index contributed by atoms with van der Waals surface area (Å²) in [6.45, 7) is 2.72. The lowest BCUT2D eigenvalue weighted by atomic mass is 9.91. The first kappa shape index (κ1) is 19.3. The summed E-state index contributed by atoms with van der Waals surface area (Å²) < 4.78 is 3.10. The Bertz CT molecular complexity index is 1080. The summed E-state index contributed by atoms with van der Waals surface area (Å²) in [5, 5.41) is 5.30.